The van der Waals surface area contributed by atoms with E-state index in [0.717, 1.165) is 22.4 Å². The molecular formula is C17H24N2O4. The second-order valence-corrected chi connectivity index (χ2v) is 6.31. The van der Waals surface area contributed by atoms with Crippen molar-refractivity contribution < 1.29 is 19.4 Å². The number of hydrogen-bond acceptors (Lipinski definition) is 4. The van der Waals surface area contributed by atoms with Gasteiger partial charge >= 0.3 is 5.97 Å². The molecule has 1 aromatic carbocycles. The van der Waals surface area contributed by atoms with Crippen molar-refractivity contribution in [1.29, 1.82) is 0 Å². The predicted molar refractivity (Wildman–Crippen MR) is 86.8 cm³/mol. The predicted octanol–water partition coefficient (Wildman–Crippen LogP) is 1.08. The highest BCUT2D eigenvalue weighted by molar-refractivity contribution is 5.86. The van der Waals surface area contributed by atoms with Crippen molar-refractivity contribution >= 4 is 11.9 Å². The average molecular weight is 320 g/mol. The number of fused-ring (bicyclic) bond motifs is 1. The zero-order chi connectivity index (χ0) is 17.1. The number of nitrogens with zero attached hydrogens (tertiary/aromatic N) is 2. The Morgan fingerprint density at radius 2 is 1.87 bits per heavy atom. The molecule has 1 aromatic rings. The molecule has 0 aromatic heterocycles. The van der Waals surface area contributed by atoms with Crippen LogP contribution in [0.15, 0.2) is 12.1 Å². The highest BCUT2D eigenvalue weighted by Gasteiger charge is 2.33. The minimum Gasteiger partial charge on any atom is -0.480 e. The van der Waals surface area contributed by atoms with E-state index < -0.39 is 12.1 Å². The van der Waals surface area contributed by atoms with Crippen LogP contribution in [0.5, 0.6) is 5.75 Å². The van der Waals surface area contributed by atoms with Crippen LogP contribution in [-0.2, 0) is 16.0 Å². The summed E-state index contributed by atoms with van der Waals surface area (Å²) in [5, 5.41) is 9.04. The van der Waals surface area contributed by atoms with E-state index in [9.17, 15) is 9.59 Å². The largest absolute Gasteiger partial charge is 0.480 e. The molecule has 2 rings (SSSR count). The number of ether oxygens (including phenoxy) is 1. The van der Waals surface area contributed by atoms with Crippen LogP contribution in [0, 0.1) is 13.8 Å². The van der Waals surface area contributed by atoms with Gasteiger partial charge in [-0.25, -0.2) is 0 Å². The van der Waals surface area contributed by atoms with E-state index in [4.69, 9.17) is 9.84 Å². The second kappa shape index (κ2) is 7.00. The van der Waals surface area contributed by atoms with Crippen molar-refractivity contribution in [2.75, 3.05) is 33.7 Å². The Kier molecular flexibility index (Phi) is 5.26. The Morgan fingerprint density at radius 3 is 2.48 bits per heavy atom. The number of carboxylic acid groups (broad SMARTS) is 1. The van der Waals surface area contributed by atoms with Gasteiger partial charge in [0.15, 0.2) is 6.10 Å². The summed E-state index contributed by atoms with van der Waals surface area (Å²) in [7, 11) is 3.77. The van der Waals surface area contributed by atoms with Crippen LogP contribution in [0.25, 0.3) is 0 Å². The topological polar surface area (TPSA) is 70.1 Å². The van der Waals surface area contributed by atoms with Crippen LogP contribution in [0.2, 0.25) is 0 Å². The minimum atomic E-state index is -1.01. The molecule has 0 bridgehead atoms. The van der Waals surface area contributed by atoms with Gasteiger partial charge in [0.25, 0.3) is 5.91 Å². The van der Waals surface area contributed by atoms with E-state index >= 15 is 0 Å². The molecule has 0 fully saturated rings. The number of carboxylic acids is 1. The standard InChI is InChI=1S/C17H24N2O4/c1-11-7-13-9-15(23-14(13)8-12(11)2)17(22)19(10-16(20)21)6-5-18(3)4/h7-8,15H,5-6,9-10H2,1-4H3,(H,20,21). The van der Waals surface area contributed by atoms with Crippen molar-refractivity contribution in [3.8, 4) is 5.75 Å². The Labute approximate surface area is 136 Å². The summed E-state index contributed by atoms with van der Waals surface area (Å²) in [4.78, 5) is 27.0. The van der Waals surface area contributed by atoms with Crippen LogP contribution in [0.1, 0.15) is 16.7 Å². The maximum absolute atomic E-state index is 12.7. The fraction of sp³-hybridized carbons (Fsp3) is 0.529. The van der Waals surface area contributed by atoms with Crippen LogP contribution >= 0.6 is 0 Å². The van der Waals surface area contributed by atoms with Crippen molar-refractivity contribution in [3.63, 3.8) is 0 Å². The Bertz CT molecular complexity index is 582. The molecule has 0 aliphatic carbocycles. The molecule has 1 aliphatic rings. The molecule has 0 saturated heterocycles. The molecule has 126 valence electrons. The van der Waals surface area contributed by atoms with Crippen LogP contribution in [0.3, 0.4) is 0 Å². The highest BCUT2D eigenvalue weighted by Crippen LogP contribution is 2.32. The fourth-order valence-electron chi connectivity index (χ4n) is 2.61. The summed E-state index contributed by atoms with van der Waals surface area (Å²) in [6, 6.07) is 3.98. The van der Waals surface area contributed by atoms with Crippen molar-refractivity contribution in [3.05, 3.63) is 28.8 Å². The summed E-state index contributed by atoms with van der Waals surface area (Å²) in [6.45, 7) is 4.70. The number of amides is 1. The maximum atomic E-state index is 12.7. The van der Waals surface area contributed by atoms with E-state index in [1.54, 1.807) is 0 Å². The zero-order valence-corrected chi connectivity index (χ0v) is 14.1. The lowest BCUT2D eigenvalue weighted by Crippen LogP contribution is -2.46. The van der Waals surface area contributed by atoms with Gasteiger partial charge in [0, 0.05) is 19.5 Å². The quantitative estimate of drug-likeness (QED) is 0.849. The van der Waals surface area contributed by atoms with Gasteiger partial charge in [0.1, 0.15) is 12.3 Å². The van der Waals surface area contributed by atoms with Gasteiger partial charge in [-0.1, -0.05) is 6.07 Å². The smallest absolute Gasteiger partial charge is 0.323 e. The van der Waals surface area contributed by atoms with Crippen molar-refractivity contribution in [2.24, 2.45) is 0 Å². The Hall–Kier alpha value is -2.08. The molecule has 0 spiro atoms. The Balaban J connectivity index is 2.10. The van der Waals surface area contributed by atoms with Crippen molar-refractivity contribution in [2.45, 2.75) is 26.4 Å². The molecule has 6 heteroatoms. The lowest BCUT2D eigenvalue weighted by atomic mass is 10.0. The molecule has 1 N–H and O–H groups in total. The lowest BCUT2D eigenvalue weighted by molar-refractivity contribution is -0.147. The molecular weight excluding hydrogens is 296 g/mol. The fourth-order valence-corrected chi connectivity index (χ4v) is 2.61. The summed E-state index contributed by atoms with van der Waals surface area (Å²) < 4.78 is 5.78. The summed E-state index contributed by atoms with van der Waals surface area (Å²) in [6.07, 6.45) is -0.138. The molecule has 0 radical (unpaired) electrons. The third-order valence-electron chi connectivity index (χ3n) is 4.08. The van der Waals surface area contributed by atoms with Gasteiger partial charge in [-0.15, -0.1) is 0 Å². The van der Waals surface area contributed by atoms with Gasteiger partial charge in [-0.3, -0.25) is 9.59 Å². The number of carbonyl (C=O) groups excluding carboxylic acids is 1. The number of aliphatic carboxylic acids is 1. The molecule has 6 nitrogen and oxygen atoms in total. The number of hydrogen-bond donors (Lipinski definition) is 1. The molecule has 1 unspecified atom stereocenters. The van der Waals surface area contributed by atoms with Crippen molar-refractivity contribution in [1.82, 2.24) is 9.80 Å². The third kappa shape index (κ3) is 4.22. The summed E-state index contributed by atoms with van der Waals surface area (Å²) in [5.41, 5.74) is 3.29. The van der Waals surface area contributed by atoms with Gasteiger partial charge < -0.3 is 19.6 Å². The highest BCUT2D eigenvalue weighted by atomic mass is 16.5. The lowest BCUT2D eigenvalue weighted by Gasteiger charge is -2.25. The molecule has 0 saturated carbocycles. The summed E-state index contributed by atoms with van der Waals surface area (Å²) in [5.74, 6) is -0.547. The molecule has 23 heavy (non-hydrogen) atoms. The first-order chi connectivity index (χ1) is 10.8. The monoisotopic (exact) mass is 320 g/mol. The SMILES string of the molecule is Cc1cc2c(cc1C)OC(C(=O)N(CCN(C)C)CC(=O)O)C2. The molecule has 1 heterocycles. The molecule has 1 atom stereocenters. The van der Waals surface area contributed by atoms with E-state index in [1.807, 2.05) is 45.0 Å². The zero-order valence-electron chi connectivity index (χ0n) is 14.1. The second-order valence-electron chi connectivity index (χ2n) is 6.31. The van der Waals surface area contributed by atoms with Gasteiger partial charge in [0.05, 0.1) is 0 Å². The molecule has 1 aliphatic heterocycles. The van der Waals surface area contributed by atoms with E-state index in [0.29, 0.717) is 19.5 Å². The first-order valence-electron chi connectivity index (χ1n) is 7.70. The first kappa shape index (κ1) is 17.3. The minimum absolute atomic E-state index is 0.263. The van der Waals surface area contributed by atoms with Crippen LogP contribution < -0.4 is 4.74 Å². The summed E-state index contributed by atoms with van der Waals surface area (Å²) >= 11 is 0. The number of benzene rings is 1. The Morgan fingerprint density at radius 1 is 1.22 bits per heavy atom. The van der Waals surface area contributed by atoms with Gasteiger partial charge in [-0.05, 0) is 50.7 Å². The first-order valence-corrected chi connectivity index (χ1v) is 7.70. The van der Waals surface area contributed by atoms with Crippen LogP contribution in [-0.4, -0.2) is 66.6 Å². The molecule has 1 amide bonds. The van der Waals surface area contributed by atoms with Crippen LogP contribution in [0.4, 0.5) is 0 Å². The number of carbonyl (C=O) groups is 2. The van der Waals surface area contributed by atoms with E-state index in [2.05, 4.69) is 0 Å². The normalized spacial score (nSPS) is 16.1. The number of rotatable bonds is 6. The van der Waals surface area contributed by atoms with E-state index in [1.165, 1.54) is 4.90 Å². The number of likely N-dealkylation sites (N-methyl/N-ethyl adjacent to an activating group) is 1. The average Bonchev–Trinajstić information content (AvgIpc) is 2.85. The van der Waals surface area contributed by atoms with E-state index in [-0.39, 0.29) is 12.5 Å². The maximum Gasteiger partial charge on any atom is 0.323 e. The third-order valence-corrected chi connectivity index (χ3v) is 4.08. The van der Waals surface area contributed by atoms with Gasteiger partial charge in [0.2, 0.25) is 0 Å². The number of aryl methyl sites for hydroxylation is 2. The van der Waals surface area contributed by atoms with Gasteiger partial charge in [-0.2, -0.15) is 0 Å².